The molecule has 0 aliphatic heterocycles. The van der Waals surface area contributed by atoms with Crippen molar-refractivity contribution in [2.24, 2.45) is 0 Å². The predicted octanol–water partition coefficient (Wildman–Crippen LogP) is 2.27. The summed E-state index contributed by atoms with van der Waals surface area (Å²) in [6, 6.07) is 6.04. The Bertz CT molecular complexity index is 891. The van der Waals surface area contributed by atoms with Crippen LogP contribution < -0.4 is 10.6 Å². The van der Waals surface area contributed by atoms with E-state index in [1.807, 2.05) is 23.7 Å². The maximum atomic E-state index is 6.12. The fraction of sp³-hybridized carbons (Fsp3) is 0.471. The van der Waals surface area contributed by atoms with Gasteiger partial charge in [-0.15, -0.1) is 15.3 Å². The van der Waals surface area contributed by atoms with Gasteiger partial charge in [0.25, 0.3) is 0 Å². The number of hydrogen-bond donors (Lipinski definition) is 1. The fourth-order valence-electron chi connectivity index (χ4n) is 2.54. The zero-order chi connectivity index (χ0) is 19.2. The molecule has 0 aliphatic rings. The van der Waals surface area contributed by atoms with Gasteiger partial charge in [-0.2, -0.15) is 0 Å². The molecular formula is C17H24N8OS. The van der Waals surface area contributed by atoms with E-state index in [-0.39, 0.29) is 6.61 Å². The summed E-state index contributed by atoms with van der Waals surface area (Å²) < 4.78 is 9.11. The van der Waals surface area contributed by atoms with E-state index in [0.717, 1.165) is 36.5 Å². The largest absolute Gasteiger partial charge is 0.485 e. The molecule has 3 aromatic rings. The van der Waals surface area contributed by atoms with E-state index < -0.39 is 0 Å². The number of ether oxygens (including phenoxy) is 1. The van der Waals surface area contributed by atoms with Crippen molar-refractivity contribution in [1.82, 2.24) is 35.1 Å². The number of nitrogens with two attached hydrogens (primary N) is 1. The van der Waals surface area contributed by atoms with E-state index in [1.54, 1.807) is 0 Å². The van der Waals surface area contributed by atoms with Crippen molar-refractivity contribution in [2.75, 3.05) is 5.84 Å². The first kappa shape index (κ1) is 19.2. The third-order valence-electron chi connectivity index (χ3n) is 4.08. The van der Waals surface area contributed by atoms with Gasteiger partial charge in [-0.25, -0.2) is 9.36 Å². The SMILES string of the molecule is CCCCn1nnnc1CSc1nnc(COc2ccc(C)cc2C)n1N. The van der Waals surface area contributed by atoms with Gasteiger partial charge in [0.2, 0.25) is 5.16 Å². The van der Waals surface area contributed by atoms with Gasteiger partial charge in [0.1, 0.15) is 12.4 Å². The van der Waals surface area contributed by atoms with Crippen molar-refractivity contribution in [2.45, 2.75) is 57.7 Å². The van der Waals surface area contributed by atoms with Crippen LogP contribution >= 0.6 is 11.8 Å². The quantitative estimate of drug-likeness (QED) is 0.439. The standard InChI is InChI=1S/C17H24N8OS/c1-4-5-8-24-16(20-22-23-24)11-27-17-21-19-15(25(17)18)10-26-14-7-6-12(2)9-13(14)3/h6-7,9H,4-5,8,10-11,18H2,1-3H3. The van der Waals surface area contributed by atoms with E-state index in [9.17, 15) is 0 Å². The highest BCUT2D eigenvalue weighted by molar-refractivity contribution is 7.98. The van der Waals surface area contributed by atoms with Crippen LogP contribution in [0.4, 0.5) is 0 Å². The Kier molecular flexibility index (Phi) is 6.28. The lowest BCUT2D eigenvalue weighted by Crippen LogP contribution is -2.16. The monoisotopic (exact) mass is 388 g/mol. The van der Waals surface area contributed by atoms with E-state index in [2.05, 4.69) is 45.6 Å². The molecule has 1 aromatic carbocycles. The predicted molar refractivity (Wildman–Crippen MR) is 103 cm³/mol. The van der Waals surface area contributed by atoms with Gasteiger partial charge in [-0.3, -0.25) is 0 Å². The van der Waals surface area contributed by atoms with Gasteiger partial charge in [0.15, 0.2) is 11.6 Å². The molecule has 0 radical (unpaired) electrons. The van der Waals surface area contributed by atoms with Crippen molar-refractivity contribution in [3.05, 3.63) is 41.0 Å². The van der Waals surface area contributed by atoms with Crippen LogP contribution in [0.5, 0.6) is 5.75 Å². The first-order valence-corrected chi connectivity index (χ1v) is 9.84. The molecule has 2 aromatic heterocycles. The molecule has 2 N–H and O–H groups in total. The molecule has 0 saturated carbocycles. The molecular weight excluding hydrogens is 364 g/mol. The minimum atomic E-state index is 0.252. The van der Waals surface area contributed by atoms with Crippen molar-refractivity contribution >= 4 is 11.8 Å². The number of benzene rings is 1. The van der Waals surface area contributed by atoms with Crippen LogP contribution in [0.3, 0.4) is 0 Å². The van der Waals surface area contributed by atoms with Crippen LogP contribution in [0.25, 0.3) is 0 Å². The lowest BCUT2D eigenvalue weighted by molar-refractivity contribution is 0.289. The maximum absolute atomic E-state index is 6.12. The third-order valence-corrected chi connectivity index (χ3v) is 5.02. The van der Waals surface area contributed by atoms with Gasteiger partial charge in [0.05, 0.1) is 5.75 Å². The van der Waals surface area contributed by atoms with Crippen molar-refractivity contribution in [3.8, 4) is 5.75 Å². The molecule has 9 nitrogen and oxygen atoms in total. The molecule has 0 fully saturated rings. The Labute approximate surface area is 162 Å². The highest BCUT2D eigenvalue weighted by Crippen LogP contribution is 2.22. The van der Waals surface area contributed by atoms with Gasteiger partial charge in [-0.1, -0.05) is 42.8 Å². The van der Waals surface area contributed by atoms with Crippen LogP contribution in [0.15, 0.2) is 23.4 Å². The highest BCUT2D eigenvalue weighted by atomic mass is 32.2. The number of thioether (sulfide) groups is 1. The number of aryl methyl sites for hydroxylation is 3. The molecule has 0 saturated heterocycles. The van der Waals surface area contributed by atoms with Crippen molar-refractivity contribution in [3.63, 3.8) is 0 Å². The lowest BCUT2D eigenvalue weighted by atomic mass is 10.1. The normalized spacial score (nSPS) is 11.1. The highest BCUT2D eigenvalue weighted by Gasteiger charge is 2.14. The van der Waals surface area contributed by atoms with E-state index >= 15 is 0 Å². The lowest BCUT2D eigenvalue weighted by Gasteiger charge is -2.09. The van der Waals surface area contributed by atoms with E-state index in [1.165, 1.54) is 22.0 Å². The average molecular weight is 389 g/mol. The summed E-state index contributed by atoms with van der Waals surface area (Å²) in [7, 11) is 0. The second kappa shape index (κ2) is 8.85. The first-order valence-electron chi connectivity index (χ1n) is 8.85. The molecule has 0 aliphatic carbocycles. The Morgan fingerprint density at radius 1 is 1.15 bits per heavy atom. The smallest absolute Gasteiger partial charge is 0.210 e. The topological polar surface area (TPSA) is 110 Å². The maximum Gasteiger partial charge on any atom is 0.210 e. The summed E-state index contributed by atoms with van der Waals surface area (Å²) in [5.41, 5.74) is 2.27. The number of rotatable bonds is 9. The van der Waals surface area contributed by atoms with Crippen LogP contribution in [0, 0.1) is 13.8 Å². The van der Waals surface area contributed by atoms with Gasteiger partial charge >= 0.3 is 0 Å². The van der Waals surface area contributed by atoms with Crippen LogP contribution in [0.1, 0.15) is 42.5 Å². The van der Waals surface area contributed by atoms with Crippen LogP contribution in [0.2, 0.25) is 0 Å². The number of nitrogen functional groups attached to an aromatic ring is 1. The molecule has 0 unspecified atom stereocenters. The fourth-order valence-corrected chi connectivity index (χ4v) is 3.35. The van der Waals surface area contributed by atoms with Crippen LogP contribution in [-0.4, -0.2) is 35.1 Å². The summed E-state index contributed by atoms with van der Waals surface area (Å²) >= 11 is 1.45. The molecule has 2 heterocycles. The number of nitrogens with zero attached hydrogens (tertiary/aromatic N) is 7. The molecule has 0 atom stereocenters. The molecule has 0 bridgehead atoms. The number of aromatic nitrogens is 7. The molecule has 0 amide bonds. The summed E-state index contributed by atoms with van der Waals surface area (Å²) in [4.78, 5) is 0. The molecule has 144 valence electrons. The zero-order valence-electron chi connectivity index (χ0n) is 15.8. The van der Waals surface area contributed by atoms with Crippen LogP contribution in [-0.2, 0) is 18.9 Å². The van der Waals surface area contributed by atoms with E-state index in [0.29, 0.717) is 16.7 Å². The first-order chi connectivity index (χ1) is 13.1. The minimum Gasteiger partial charge on any atom is -0.485 e. The molecule has 10 heteroatoms. The Balaban J connectivity index is 1.59. The minimum absolute atomic E-state index is 0.252. The third kappa shape index (κ3) is 4.76. The second-order valence-electron chi connectivity index (χ2n) is 6.29. The number of unbranched alkanes of at least 4 members (excludes halogenated alkanes) is 1. The Hall–Kier alpha value is -2.62. The molecule has 3 rings (SSSR count). The van der Waals surface area contributed by atoms with Gasteiger partial charge < -0.3 is 10.6 Å². The Morgan fingerprint density at radius 2 is 2.00 bits per heavy atom. The van der Waals surface area contributed by atoms with Gasteiger partial charge in [-0.05, 0) is 42.3 Å². The zero-order valence-corrected chi connectivity index (χ0v) is 16.6. The Morgan fingerprint density at radius 3 is 2.78 bits per heavy atom. The number of tetrazole rings is 1. The molecule has 0 spiro atoms. The summed E-state index contributed by atoms with van der Waals surface area (Å²) in [5, 5.41) is 20.7. The van der Waals surface area contributed by atoms with Gasteiger partial charge in [0, 0.05) is 6.54 Å². The molecule has 27 heavy (non-hydrogen) atoms. The van der Waals surface area contributed by atoms with E-state index in [4.69, 9.17) is 10.6 Å². The van der Waals surface area contributed by atoms with Crippen molar-refractivity contribution in [1.29, 1.82) is 0 Å². The summed E-state index contributed by atoms with van der Waals surface area (Å²) in [5.74, 6) is 8.86. The van der Waals surface area contributed by atoms with Crippen molar-refractivity contribution < 1.29 is 4.74 Å². The summed E-state index contributed by atoms with van der Waals surface area (Å²) in [6.45, 7) is 7.26. The number of hydrogen-bond acceptors (Lipinski definition) is 8. The average Bonchev–Trinajstić information content (AvgIpc) is 3.24. The summed E-state index contributed by atoms with van der Waals surface area (Å²) in [6.07, 6.45) is 2.13. The second-order valence-corrected chi connectivity index (χ2v) is 7.23.